The van der Waals surface area contributed by atoms with E-state index in [0.717, 1.165) is 58.3 Å². The summed E-state index contributed by atoms with van der Waals surface area (Å²) < 4.78 is 6.21. The van der Waals surface area contributed by atoms with Gasteiger partial charge in [-0.1, -0.05) is 67.9 Å². The molecule has 1 atom stereocenters. The van der Waals surface area contributed by atoms with E-state index in [1.165, 1.54) is 0 Å². The monoisotopic (exact) mass is 524 g/mol. The summed E-state index contributed by atoms with van der Waals surface area (Å²) >= 11 is 0. The first kappa shape index (κ1) is 25.9. The summed E-state index contributed by atoms with van der Waals surface area (Å²) in [7, 11) is 1.59. The third-order valence-electron chi connectivity index (χ3n) is 6.80. The highest BCUT2D eigenvalue weighted by Crippen LogP contribution is 2.33. The number of hydrogen-bond donors (Lipinski definition) is 3. The number of benzene rings is 3. The van der Waals surface area contributed by atoms with Crippen molar-refractivity contribution in [2.24, 2.45) is 0 Å². The largest absolute Gasteiger partial charge is 0.423 e. The number of tetrazole rings is 1. The van der Waals surface area contributed by atoms with E-state index >= 15 is 0 Å². The molecule has 0 bridgehead atoms. The zero-order valence-electron chi connectivity index (χ0n) is 22.3. The molecule has 2 amide bonds. The Balaban J connectivity index is 1.40. The lowest BCUT2D eigenvalue weighted by Gasteiger charge is -2.28. The maximum absolute atomic E-state index is 11.6. The molecule has 200 valence electrons. The fraction of sp³-hybridized carbons (Fsp3) is 0.276. The normalized spacial score (nSPS) is 11.9. The predicted octanol–water partition coefficient (Wildman–Crippen LogP) is 5.47. The number of anilines is 1. The number of nitrogens with one attached hydrogen (secondary N) is 3. The SMILES string of the molecule is CCCCN(c1nc2cc(CNC(=O)NC)ccc2o1)[C@H](C)c1ccc(-c2ccccc2-c2nn[nH]n2)cc1. The van der Waals surface area contributed by atoms with Crippen LogP contribution in [0.15, 0.2) is 71.1 Å². The second-order valence-electron chi connectivity index (χ2n) is 9.36. The number of fused-ring (bicyclic) bond motifs is 1. The molecule has 3 aromatic carbocycles. The van der Waals surface area contributed by atoms with Crippen LogP contribution in [0.3, 0.4) is 0 Å². The number of carbonyl (C=O) groups is 1. The number of H-pyrrole nitrogens is 1. The van der Waals surface area contributed by atoms with Gasteiger partial charge in [0.1, 0.15) is 5.52 Å². The Hall–Kier alpha value is -4.73. The molecule has 2 heterocycles. The van der Waals surface area contributed by atoms with Gasteiger partial charge in [-0.25, -0.2) is 4.79 Å². The molecule has 0 aliphatic heterocycles. The molecule has 0 aliphatic rings. The Kier molecular flexibility index (Phi) is 7.81. The van der Waals surface area contributed by atoms with Crippen LogP contribution in [0.1, 0.15) is 43.9 Å². The lowest BCUT2D eigenvalue weighted by Crippen LogP contribution is -2.32. The van der Waals surface area contributed by atoms with E-state index in [4.69, 9.17) is 9.40 Å². The second kappa shape index (κ2) is 11.8. The molecular formula is C29H32N8O2. The topological polar surface area (TPSA) is 125 Å². The lowest BCUT2D eigenvalue weighted by molar-refractivity contribution is 0.242. The summed E-state index contributed by atoms with van der Waals surface area (Å²) in [5.41, 5.74) is 6.64. The van der Waals surface area contributed by atoms with Gasteiger partial charge in [0.2, 0.25) is 5.82 Å². The zero-order valence-corrected chi connectivity index (χ0v) is 22.3. The van der Waals surface area contributed by atoms with Crippen LogP contribution in [0.4, 0.5) is 10.8 Å². The average molecular weight is 525 g/mol. The van der Waals surface area contributed by atoms with E-state index in [1.807, 2.05) is 36.4 Å². The Labute approximate surface area is 226 Å². The van der Waals surface area contributed by atoms with Crippen LogP contribution in [-0.4, -0.2) is 45.2 Å². The number of unbranched alkanes of at least 4 members (excludes halogenated alkanes) is 1. The van der Waals surface area contributed by atoms with Crippen molar-refractivity contribution >= 4 is 23.1 Å². The number of oxazole rings is 1. The minimum atomic E-state index is -0.222. The van der Waals surface area contributed by atoms with Gasteiger partial charge in [0.05, 0.1) is 6.04 Å². The number of nitrogens with zero attached hydrogens (tertiary/aromatic N) is 5. The Morgan fingerprint density at radius 1 is 1.08 bits per heavy atom. The summed E-state index contributed by atoms with van der Waals surface area (Å²) in [5.74, 6) is 0.567. The second-order valence-corrected chi connectivity index (χ2v) is 9.36. The van der Waals surface area contributed by atoms with Crippen LogP contribution < -0.4 is 15.5 Å². The number of amides is 2. The first-order chi connectivity index (χ1) is 19.1. The summed E-state index contributed by atoms with van der Waals surface area (Å²) in [4.78, 5) is 18.6. The molecule has 5 aromatic rings. The molecule has 0 unspecified atom stereocenters. The molecule has 2 aromatic heterocycles. The molecule has 0 spiro atoms. The van der Waals surface area contributed by atoms with E-state index in [1.54, 1.807) is 7.05 Å². The highest BCUT2D eigenvalue weighted by molar-refractivity contribution is 5.80. The van der Waals surface area contributed by atoms with Crippen molar-refractivity contribution in [1.82, 2.24) is 36.2 Å². The minimum absolute atomic E-state index is 0.0421. The van der Waals surface area contributed by atoms with Gasteiger partial charge in [-0.2, -0.15) is 10.2 Å². The quantitative estimate of drug-likeness (QED) is 0.221. The van der Waals surface area contributed by atoms with Crippen molar-refractivity contribution in [3.8, 4) is 22.5 Å². The standard InChI is InChI=1S/C29H32N8O2/c1-4-5-16-37(29-32-25-17-20(10-15-26(25)39-29)18-31-28(38)30-3)19(2)21-11-13-22(14-12-21)23-8-6-7-9-24(23)27-33-35-36-34-27/h6-15,17,19H,4-5,16,18H2,1-3H3,(H2,30,31,38)(H,33,34,35,36)/t19-/m1/s1. The Morgan fingerprint density at radius 2 is 1.87 bits per heavy atom. The molecule has 0 radical (unpaired) electrons. The smallest absolute Gasteiger partial charge is 0.314 e. The summed E-state index contributed by atoms with van der Waals surface area (Å²) in [5, 5.41) is 19.9. The van der Waals surface area contributed by atoms with Gasteiger partial charge in [-0.05, 0) is 52.9 Å². The third-order valence-corrected chi connectivity index (χ3v) is 6.80. The van der Waals surface area contributed by atoms with Crippen LogP contribution in [0.5, 0.6) is 0 Å². The highest BCUT2D eigenvalue weighted by Gasteiger charge is 2.22. The minimum Gasteiger partial charge on any atom is -0.423 e. The molecule has 39 heavy (non-hydrogen) atoms. The number of rotatable bonds is 10. The maximum atomic E-state index is 11.6. The van der Waals surface area contributed by atoms with Gasteiger partial charge < -0.3 is 20.0 Å². The van der Waals surface area contributed by atoms with Gasteiger partial charge in [0.15, 0.2) is 5.58 Å². The lowest BCUT2D eigenvalue weighted by atomic mass is 9.97. The van der Waals surface area contributed by atoms with Gasteiger partial charge in [-0.3, -0.25) is 0 Å². The molecule has 0 saturated heterocycles. The summed E-state index contributed by atoms with van der Waals surface area (Å²) in [6.07, 6.45) is 2.07. The number of aromatic amines is 1. The van der Waals surface area contributed by atoms with Gasteiger partial charge in [0, 0.05) is 25.7 Å². The first-order valence-electron chi connectivity index (χ1n) is 13.1. The molecule has 3 N–H and O–H groups in total. The third kappa shape index (κ3) is 5.74. The fourth-order valence-corrected chi connectivity index (χ4v) is 4.57. The van der Waals surface area contributed by atoms with Gasteiger partial charge in [0.25, 0.3) is 6.01 Å². The van der Waals surface area contributed by atoms with Crippen molar-refractivity contribution in [1.29, 1.82) is 0 Å². The molecule has 0 saturated carbocycles. The van der Waals surface area contributed by atoms with Crippen molar-refractivity contribution in [2.45, 2.75) is 39.3 Å². The number of urea groups is 1. The summed E-state index contributed by atoms with van der Waals surface area (Å²) in [6.45, 7) is 5.58. The zero-order chi connectivity index (χ0) is 27.2. The summed E-state index contributed by atoms with van der Waals surface area (Å²) in [6, 6.07) is 22.8. The predicted molar refractivity (Wildman–Crippen MR) is 151 cm³/mol. The van der Waals surface area contributed by atoms with E-state index in [-0.39, 0.29) is 12.1 Å². The van der Waals surface area contributed by atoms with E-state index in [2.05, 4.69) is 80.3 Å². The van der Waals surface area contributed by atoms with Crippen LogP contribution >= 0.6 is 0 Å². The Morgan fingerprint density at radius 3 is 2.59 bits per heavy atom. The van der Waals surface area contributed by atoms with Crippen molar-refractivity contribution in [3.63, 3.8) is 0 Å². The van der Waals surface area contributed by atoms with Crippen molar-refractivity contribution < 1.29 is 9.21 Å². The number of carbonyl (C=O) groups excluding carboxylic acids is 1. The Bertz CT molecular complexity index is 1530. The van der Waals surface area contributed by atoms with Crippen LogP contribution in [0, 0.1) is 0 Å². The maximum Gasteiger partial charge on any atom is 0.314 e. The molecule has 0 aliphatic carbocycles. The van der Waals surface area contributed by atoms with Crippen LogP contribution in [0.25, 0.3) is 33.6 Å². The van der Waals surface area contributed by atoms with Gasteiger partial charge >= 0.3 is 6.03 Å². The van der Waals surface area contributed by atoms with E-state index in [9.17, 15) is 4.79 Å². The number of hydrogen-bond acceptors (Lipinski definition) is 7. The molecule has 10 heteroatoms. The van der Waals surface area contributed by atoms with Crippen molar-refractivity contribution in [3.05, 3.63) is 77.9 Å². The highest BCUT2D eigenvalue weighted by atomic mass is 16.4. The molecule has 0 fully saturated rings. The number of aromatic nitrogens is 5. The molecular weight excluding hydrogens is 492 g/mol. The van der Waals surface area contributed by atoms with E-state index in [0.29, 0.717) is 18.4 Å². The molecule has 10 nitrogen and oxygen atoms in total. The van der Waals surface area contributed by atoms with Crippen molar-refractivity contribution in [2.75, 3.05) is 18.5 Å². The average Bonchev–Trinajstić information content (AvgIpc) is 3.66. The van der Waals surface area contributed by atoms with Crippen LogP contribution in [-0.2, 0) is 6.54 Å². The fourth-order valence-electron chi connectivity index (χ4n) is 4.57. The first-order valence-corrected chi connectivity index (χ1v) is 13.1. The van der Waals surface area contributed by atoms with Crippen LogP contribution in [0.2, 0.25) is 0 Å². The van der Waals surface area contributed by atoms with E-state index < -0.39 is 0 Å². The van der Waals surface area contributed by atoms with Gasteiger partial charge in [-0.15, -0.1) is 10.2 Å². The molecule has 5 rings (SSSR count).